The highest BCUT2D eigenvalue weighted by Crippen LogP contribution is 2.50. The predicted octanol–water partition coefficient (Wildman–Crippen LogP) is 2.23. The van der Waals surface area contributed by atoms with Gasteiger partial charge in [-0.2, -0.15) is 0 Å². The smallest absolute Gasteiger partial charge is 0.140 e. The van der Waals surface area contributed by atoms with Gasteiger partial charge in [0.05, 0.1) is 0 Å². The van der Waals surface area contributed by atoms with Crippen molar-refractivity contribution in [2.45, 2.75) is 24.7 Å². The van der Waals surface area contributed by atoms with E-state index in [1.807, 2.05) is 6.07 Å². The van der Waals surface area contributed by atoms with Crippen LogP contribution in [0.2, 0.25) is 0 Å². The Labute approximate surface area is 71.4 Å². The van der Waals surface area contributed by atoms with Crippen molar-refractivity contribution in [2.75, 3.05) is 0 Å². The van der Waals surface area contributed by atoms with Crippen molar-refractivity contribution in [2.24, 2.45) is 0 Å². The lowest BCUT2D eigenvalue weighted by Gasteiger charge is -2.12. The maximum atomic E-state index is 11.4. The van der Waals surface area contributed by atoms with Crippen LogP contribution in [0, 0.1) is 0 Å². The summed E-state index contributed by atoms with van der Waals surface area (Å²) < 4.78 is 0. The fourth-order valence-electron chi connectivity index (χ4n) is 2.62. The highest BCUT2D eigenvalue weighted by atomic mass is 16.1. The van der Waals surface area contributed by atoms with Crippen molar-refractivity contribution < 1.29 is 4.79 Å². The van der Waals surface area contributed by atoms with Gasteiger partial charge < -0.3 is 0 Å². The molecule has 1 aromatic carbocycles. The molecule has 2 aliphatic carbocycles. The molecule has 0 N–H and O–H groups in total. The molecule has 2 aliphatic rings. The standard InChI is InChI=1S/C11H10O/c12-11-6-7-5-10(11)9-4-2-1-3-8(7)9/h1-4,7,10H,5-6H2/t7-,10-/m1/s1. The van der Waals surface area contributed by atoms with Gasteiger partial charge >= 0.3 is 0 Å². The van der Waals surface area contributed by atoms with Gasteiger partial charge in [0.1, 0.15) is 5.78 Å². The molecule has 1 nitrogen and oxygen atoms in total. The second kappa shape index (κ2) is 1.98. The fraction of sp³-hybridized carbons (Fsp3) is 0.364. The van der Waals surface area contributed by atoms with Gasteiger partial charge in [-0.1, -0.05) is 24.3 Å². The van der Waals surface area contributed by atoms with Gasteiger partial charge in [0, 0.05) is 12.3 Å². The van der Waals surface area contributed by atoms with Crippen LogP contribution in [0.3, 0.4) is 0 Å². The molecule has 3 rings (SSSR count). The Kier molecular flexibility index (Phi) is 1.06. The Bertz CT molecular complexity index is 354. The van der Waals surface area contributed by atoms with Gasteiger partial charge in [0.25, 0.3) is 0 Å². The summed E-state index contributed by atoms with van der Waals surface area (Å²) >= 11 is 0. The lowest BCUT2D eigenvalue weighted by atomic mass is 9.91. The number of carbonyl (C=O) groups is 1. The number of rotatable bonds is 0. The SMILES string of the molecule is O=C1C[C@H]2C[C@@H]1c1ccccc12. The number of carbonyl (C=O) groups excluding carboxylic acids is 1. The number of benzene rings is 1. The predicted molar refractivity (Wildman–Crippen MR) is 46.2 cm³/mol. The van der Waals surface area contributed by atoms with Crippen LogP contribution in [-0.4, -0.2) is 5.78 Å². The minimum absolute atomic E-state index is 0.256. The number of hydrogen-bond acceptors (Lipinski definition) is 1. The number of ketones is 1. The molecule has 0 aliphatic heterocycles. The first kappa shape index (κ1) is 6.41. The van der Waals surface area contributed by atoms with Crippen LogP contribution in [0.15, 0.2) is 24.3 Å². The average molecular weight is 158 g/mol. The molecule has 0 saturated heterocycles. The zero-order valence-electron chi connectivity index (χ0n) is 6.79. The summed E-state index contributed by atoms with van der Waals surface area (Å²) in [5.74, 6) is 1.27. The fourth-order valence-corrected chi connectivity index (χ4v) is 2.62. The van der Waals surface area contributed by atoms with Gasteiger partial charge in [-0.25, -0.2) is 0 Å². The molecule has 2 bridgehead atoms. The summed E-state index contributed by atoms with van der Waals surface area (Å²) in [6, 6.07) is 8.39. The number of fused-ring (bicyclic) bond motifs is 5. The molecule has 1 saturated carbocycles. The van der Waals surface area contributed by atoms with E-state index in [0.29, 0.717) is 11.7 Å². The van der Waals surface area contributed by atoms with Crippen LogP contribution < -0.4 is 0 Å². The minimum Gasteiger partial charge on any atom is -0.299 e. The summed E-state index contributed by atoms with van der Waals surface area (Å²) in [4.78, 5) is 11.4. The van der Waals surface area contributed by atoms with E-state index < -0.39 is 0 Å². The summed E-state index contributed by atoms with van der Waals surface area (Å²) in [7, 11) is 0. The third kappa shape index (κ3) is 0.619. The second-order valence-electron chi connectivity index (χ2n) is 3.78. The summed E-state index contributed by atoms with van der Waals surface area (Å²) in [5.41, 5.74) is 2.74. The summed E-state index contributed by atoms with van der Waals surface area (Å²) in [6.45, 7) is 0. The molecular formula is C11H10O. The van der Waals surface area contributed by atoms with Crippen molar-refractivity contribution in [1.29, 1.82) is 0 Å². The number of Topliss-reactive ketones (excluding diaryl/α,β-unsaturated/α-hetero) is 1. The molecule has 1 heteroatoms. The maximum absolute atomic E-state index is 11.4. The minimum atomic E-state index is 0.256. The molecule has 0 amide bonds. The van der Waals surface area contributed by atoms with Gasteiger partial charge in [-0.05, 0) is 23.5 Å². The molecule has 60 valence electrons. The maximum Gasteiger partial charge on any atom is 0.140 e. The third-order valence-corrected chi connectivity index (χ3v) is 3.17. The average Bonchev–Trinajstić information content (AvgIpc) is 2.62. The van der Waals surface area contributed by atoms with Crippen molar-refractivity contribution in [3.63, 3.8) is 0 Å². The van der Waals surface area contributed by atoms with E-state index in [-0.39, 0.29) is 5.92 Å². The summed E-state index contributed by atoms with van der Waals surface area (Å²) in [5, 5.41) is 0. The Balaban J connectivity index is 2.23. The highest BCUT2D eigenvalue weighted by molar-refractivity contribution is 5.91. The zero-order chi connectivity index (χ0) is 8.13. The monoisotopic (exact) mass is 158 g/mol. The largest absolute Gasteiger partial charge is 0.299 e. The van der Waals surface area contributed by atoms with Crippen LogP contribution >= 0.6 is 0 Å². The van der Waals surface area contributed by atoms with E-state index in [1.165, 1.54) is 11.1 Å². The third-order valence-electron chi connectivity index (χ3n) is 3.17. The van der Waals surface area contributed by atoms with Crippen LogP contribution in [0.5, 0.6) is 0 Å². The molecule has 1 aromatic rings. The first-order chi connectivity index (χ1) is 5.86. The molecule has 12 heavy (non-hydrogen) atoms. The first-order valence-corrected chi connectivity index (χ1v) is 4.48. The van der Waals surface area contributed by atoms with Crippen LogP contribution in [0.4, 0.5) is 0 Å². The zero-order valence-corrected chi connectivity index (χ0v) is 6.79. The number of hydrogen-bond donors (Lipinski definition) is 0. The highest BCUT2D eigenvalue weighted by Gasteiger charge is 2.42. The molecule has 1 fully saturated rings. The Hall–Kier alpha value is -1.11. The molecule has 0 radical (unpaired) electrons. The van der Waals surface area contributed by atoms with Gasteiger partial charge in [-0.15, -0.1) is 0 Å². The van der Waals surface area contributed by atoms with Gasteiger partial charge in [-0.3, -0.25) is 4.79 Å². The quantitative estimate of drug-likeness (QED) is 0.566. The molecule has 0 unspecified atom stereocenters. The van der Waals surface area contributed by atoms with Crippen molar-refractivity contribution >= 4 is 5.78 Å². The summed E-state index contributed by atoms with van der Waals surface area (Å²) in [6.07, 6.45) is 1.87. The topological polar surface area (TPSA) is 17.1 Å². The van der Waals surface area contributed by atoms with Crippen LogP contribution in [0.1, 0.15) is 35.8 Å². The molecule has 0 heterocycles. The Morgan fingerprint density at radius 2 is 1.92 bits per heavy atom. The van der Waals surface area contributed by atoms with Crippen molar-refractivity contribution in [3.8, 4) is 0 Å². The molecule has 0 aromatic heterocycles. The van der Waals surface area contributed by atoms with Crippen LogP contribution in [0.25, 0.3) is 0 Å². The van der Waals surface area contributed by atoms with E-state index in [9.17, 15) is 4.79 Å². The van der Waals surface area contributed by atoms with Crippen molar-refractivity contribution in [3.05, 3.63) is 35.4 Å². The normalized spacial score (nSPS) is 30.8. The van der Waals surface area contributed by atoms with Gasteiger partial charge in [0.15, 0.2) is 0 Å². The van der Waals surface area contributed by atoms with Crippen LogP contribution in [-0.2, 0) is 4.79 Å². The first-order valence-electron chi connectivity index (χ1n) is 4.48. The molecular weight excluding hydrogens is 148 g/mol. The van der Waals surface area contributed by atoms with E-state index >= 15 is 0 Å². The Morgan fingerprint density at radius 1 is 1.17 bits per heavy atom. The second-order valence-corrected chi connectivity index (χ2v) is 3.78. The van der Waals surface area contributed by atoms with E-state index in [0.717, 1.165) is 12.8 Å². The molecule has 2 atom stereocenters. The Morgan fingerprint density at radius 3 is 2.75 bits per heavy atom. The van der Waals surface area contributed by atoms with E-state index in [1.54, 1.807) is 0 Å². The van der Waals surface area contributed by atoms with E-state index in [4.69, 9.17) is 0 Å². The van der Waals surface area contributed by atoms with Crippen molar-refractivity contribution in [1.82, 2.24) is 0 Å². The lowest BCUT2D eigenvalue weighted by Crippen LogP contribution is -2.08. The van der Waals surface area contributed by atoms with Gasteiger partial charge in [0.2, 0.25) is 0 Å². The lowest BCUT2D eigenvalue weighted by molar-refractivity contribution is -0.118. The van der Waals surface area contributed by atoms with E-state index in [2.05, 4.69) is 18.2 Å². The molecule has 0 spiro atoms.